The van der Waals surface area contributed by atoms with E-state index in [4.69, 9.17) is 24.4 Å². The Balaban J connectivity index is 1.41. The first-order chi connectivity index (χ1) is 16.5. The molecule has 1 saturated heterocycles. The van der Waals surface area contributed by atoms with Gasteiger partial charge in [-0.1, -0.05) is 0 Å². The van der Waals surface area contributed by atoms with E-state index < -0.39 is 0 Å². The van der Waals surface area contributed by atoms with Crippen LogP contribution in [0.4, 0.5) is 5.95 Å². The lowest BCUT2D eigenvalue weighted by Crippen LogP contribution is -2.44. The molecule has 1 amide bonds. The van der Waals surface area contributed by atoms with Gasteiger partial charge < -0.3 is 24.3 Å². The second-order valence-corrected chi connectivity index (χ2v) is 9.46. The average molecular weight is 465 g/mol. The number of amides is 1. The molecule has 3 aromatic rings. The van der Waals surface area contributed by atoms with Gasteiger partial charge in [-0.25, -0.2) is 0 Å². The summed E-state index contributed by atoms with van der Waals surface area (Å²) in [5.74, 6) is 1.48. The monoisotopic (exact) mass is 464 g/mol. The highest BCUT2D eigenvalue weighted by Gasteiger charge is 2.29. The molecule has 1 aliphatic carbocycles. The Morgan fingerprint density at radius 1 is 1.15 bits per heavy atom. The molecule has 0 spiro atoms. The maximum Gasteiger partial charge on any atom is 0.322 e. The van der Waals surface area contributed by atoms with E-state index in [1.165, 1.54) is 0 Å². The van der Waals surface area contributed by atoms with Gasteiger partial charge in [-0.05, 0) is 56.9 Å². The van der Waals surface area contributed by atoms with Crippen LogP contribution < -0.4 is 9.64 Å². The van der Waals surface area contributed by atoms with Crippen LogP contribution in [0.25, 0.3) is 22.3 Å². The van der Waals surface area contributed by atoms with Crippen molar-refractivity contribution in [3.8, 4) is 17.4 Å². The normalized spacial score (nSPS) is 23.1. The number of benzene rings is 1. The van der Waals surface area contributed by atoms with Crippen molar-refractivity contribution in [1.29, 1.82) is 0 Å². The Kier molecular flexibility index (Phi) is 6.36. The third-order valence-electron chi connectivity index (χ3n) is 6.78. The summed E-state index contributed by atoms with van der Waals surface area (Å²) in [4.78, 5) is 33.6. The van der Waals surface area contributed by atoms with E-state index in [0.717, 1.165) is 48.7 Å². The number of nitrogens with one attached hydrogen (secondary N) is 1. The van der Waals surface area contributed by atoms with Crippen LogP contribution in [-0.2, 0) is 9.53 Å². The first-order valence-electron chi connectivity index (χ1n) is 12.0. The van der Waals surface area contributed by atoms with Gasteiger partial charge in [0.1, 0.15) is 6.10 Å². The van der Waals surface area contributed by atoms with E-state index in [1.54, 1.807) is 4.90 Å². The van der Waals surface area contributed by atoms with Gasteiger partial charge in [0.05, 0.1) is 19.3 Å². The lowest BCUT2D eigenvalue weighted by molar-refractivity contribution is -0.134. The summed E-state index contributed by atoms with van der Waals surface area (Å²) in [7, 11) is 3.63. The van der Waals surface area contributed by atoms with Crippen molar-refractivity contribution >= 4 is 22.8 Å². The van der Waals surface area contributed by atoms with Crippen molar-refractivity contribution in [2.45, 2.75) is 44.8 Å². The number of aromatic amines is 1. The molecule has 1 aromatic carbocycles. The zero-order chi connectivity index (χ0) is 23.7. The number of ether oxygens (including phenoxy) is 2. The molecule has 1 saturated carbocycles. The molecule has 34 heavy (non-hydrogen) atoms. The molecule has 2 aliphatic rings. The van der Waals surface area contributed by atoms with Crippen LogP contribution in [0.5, 0.6) is 6.01 Å². The maximum atomic E-state index is 12.3. The Morgan fingerprint density at radius 2 is 1.97 bits per heavy atom. The summed E-state index contributed by atoms with van der Waals surface area (Å²) < 4.78 is 11.9. The highest BCUT2D eigenvalue weighted by molar-refractivity contribution is 5.84. The predicted molar refractivity (Wildman–Crippen MR) is 130 cm³/mol. The summed E-state index contributed by atoms with van der Waals surface area (Å²) in [6.07, 6.45) is 5.17. The van der Waals surface area contributed by atoms with Crippen molar-refractivity contribution in [2.75, 3.05) is 38.8 Å². The lowest BCUT2D eigenvalue weighted by atomic mass is 9.86. The fourth-order valence-electron chi connectivity index (χ4n) is 4.81. The Morgan fingerprint density at radius 3 is 2.74 bits per heavy atom. The van der Waals surface area contributed by atoms with Gasteiger partial charge in [0, 0.05) is 49.2 Å². The van der Waals surface area contributed by atoms with Crippen LogP contribution >= 0.6 is 0 Å². The second kappa shape index (κ2) is 9.58. The number of anilines is 1. The van der Waals surface area contributed by atoms with E-state index >= 15 is 0 Å². The minimum Gasteiger partial charge on any atom is -0.460 e. The van der Waals surface area contributed by atoms with E-state index in [0.29, 0.717) is 31.0 Å². The van der Waals surface area contributed by atoms with Crippen LogP contribution in [0.3, 0.4) is 0 Å². The van der Waals surface area contributed by atoms with Crippen LogP contribution in [-0.4, -0.2) is 76.7 Å². The third-order valence-corrected chi connectivity index (χ3v) is 6.78. The molecule has 3 heterocycles. The van der Waals surface area contributed by atoms with Gasteiger partial charge in [0.25, 0.3) is 0 Å². The number of nitrogens with zero attached hydrogens (tertiary/aromatic N) is 5. The van der Waals surface area contributed by atoms with E-state index in [1.807, 2.05) is 38.5 Å². The number of carbonyl (C=O) groups excluding carboxylic acids is 1. The third kappa shape index (κ3) is 4.70. The molecule has 1 atom stereocenters. The number of morpholine rings is 1. The minimum atomic E-state index is -0.0106. The first kappa shape index (κ1) is 22.6. The summed E-state index contributed by atoms with van der Waals surface area (Å²) >= 11 is 0. The fraction of sp³-hybridized carbons (Fsp3) is 0.520. The molecule has 1 aliphatic heterocycles. The van der Waals surface area contributed by atoms with Crippen LogP contribution in [0.1, 0.15) is 32.6 Å². The lowest BCUT2D eigenvalue weighted by Gasteiger charge is -2.33. The van der Waals surface area contributed by atoms with Gasteiger partial charge in [0.2, 0.25) is 11.9 Å². The molecular formula is C25H32N6O3. The van der Waals surface area contributed by atoms with Gasteiger partial charge in [-0.3, -0.25) is 4.79 Å². The molecule has 1 N–H and O–H groups in total. The standard InChI is InChI=1S/C25H32N6O3/c1-16-15-33-13-12-31(16)24-27-22(19-6-9-21-18(14-19)10-11-26-21)28-25(29-24)34-20-7-4-17(5-8-20)23(32)30(2)3/h6,9-11,14,16-17,20,26H,4-5,7-8,12-13,15H2,1-3H3/t16-,17?,20?/m0/s1. The fourth-order valence-corrected chi connectivity index (χ4v) is 4.81. The zero-order valence-corrected chi connectivity index (χ0v) is 20.0. The Bertz CT molecular complexity index is 1150. The SMILES string of the molecule is C[C@H]1COCCN1c1nc(OC2CCC(C(=O)N(C)C)CC2)nc(-c2ccc3[nH]ccc3c2)n1. The van der Waals surface area contributed by atoms with Crippen molar-refractivity contribution in [3.05, 3.63) is 30.5 Å². The minimum absolute atomic E-state index is 0.0106. The molecule has 9 nitrogen and oxygen atoms in total. The number of hydrogen-bond donors (Lipinski definition) is 1. The van der Waals surface area contributed by atoms with Gasteiger partial charge in [-0.2, -0.15) is 15.0 Å². The molecular weight excluding hydrogens is 432 g/mol. The summed E-state index contributed by atoms with van der Waals surface area (Å²) in [6, 6.07) is 8.68. The summed E-state index contributed by atoms with van der Waals surface area (Å²) in [5, 5.41) is 1.10. The van der Waals surface area contributed by atoms with Gasteiger partial charge in [-0.15, -0.1) is 0 Å². The zero-order valence-electron chi connectivity index (χ0n) is 20.0. The molecule has 2 fully saturated rings. The average Bonchev–Trinajstić information content (AvgIpc) is 3.32. The Labute approximate surface area is 199 Å². The van der Waals surface area contributed by atoms with Crippen LogP contribution in [0.15, 0.2) is 30.5 Å². The predicted octanol–water partition coefficient (Wildman–Crippen LogP) is 3.27. The molecule has 0 radical (unpaired) electrons. The highest BCUT2D eigenvalue weighted by atomic mass is 16.5. The topological polar surface area (TPSA) is 96.5 Å². The van der Waals surface area contributed by atoms with Gasteiger partial charge in [0.15, 0.2) is 5.82 Å². The molecule has 0 unspecified atom stereocenters. The maximum absolute atomic E-state index is 12.3. The van der Waals surface area contributed by atoms with E-state index in [2.05, 4.69) is 22.9 Å². The smallest absolute Gasteiger partial charge is 0.322 e. The van der Waals surface area contributed by atoms with Crippen molar-refractivity contribution in [2.24, 2.45) is 5.92 Å². The quantitative estimate of drug-likeness (QED) is 0.619. The first-order valence-corrected chi connectivity index (χ1v) is 12.0. The highest BCUT2D eigenvalue weighted by Crippen LogP contribution is 2.30. The number of H-pyrrole nitrogens is 1. The van der Waals surface area contributed by atoms with Crippen molar-refractivity contribution in [1.82, 2.24) is 24.8 Å². The van der Waals surface area contributed by atoms with Crippen LogP contribution in [0, 0.1) is 5.92 Å². The number of aromatic nitrogens is 4. The Hall–Kier alpha value is -3.20. The molecule has 180 valence electrons. The molecule has 2 aromatic heterocycles. The number of fused-ring (bicyclic) bond motifs is 1. The van der Waals surface area contributed by atoms with Gasteiger partial charge >= 0.3 is 6.01 Å². The molecule has 5 rings (SSSR count). The van der Waals surface area contributed by atoms with E-state index in [-0.39, 0.29) is 24.0 Å². The van der Waals surface area contributed by atoms with Crippen LogP contribution in [0.2, 0.25) is 0 Å². The second-order valence-electron chi connectivity index (χ2n) is 9.46. The number of carbonyl (C=O) groups is 1. The van der Waals surface area contributed by atoms with Crippen molar-refractivity contribution in [3.63, 3.8) is 0 Å². The summed E-state index contributed by atoms with van der Waals surface area (Å²) in [5.41, 5.74) is 1.99. The summed E-state index contributed by atoms with van der Waals surface area (Å²) in [6.45, 7) is 4.11. The molecule has 0 bridgehead atoms. The number of rotatable bonds is 5. The van der Waals surface area contributed by atoms with E-state index in [9.17, 15) is 4.79 Å². The largest absolute Gasteiger partial charge is 0.460 e. The van der Waals surface area contributed by atoms with Crippen molar-refractivity contribution < 1.29 is 14.3 Å². The number of hydrogen-bond acceptors (Lipinski definition) is 7. The molecule has 9 heteroatoms.